The molecule has 0 atom stereocenters. The largest absolute Gasteiger partial charge is 0.353 e. The lowest BCUT2D eigenvalue weighted by Crippen LogP contribution is -2.17. The Kier molecular flexibility index (Phi) is 12.7. The molecule has 0 heterocycles. The van der Waals surface area contributed by atoms with Crippen LogP contribution >= 0.6 is 0 Å². The van der Waals surface area contributed by atoms with Crippen molar-refractivity contribution in [2.75, 3.05) is 26.4 Å². The number of ether oxygens (including phenoxy) is 4. The summed E-state index contributed by atoms with van der Waals surface area (Å²) < 4.78 is 21.8. The number of hydrogen-bond acceptors (Lipinski definition) is 4. The van der Waals surface area contributed by atoms with Crippen LogP contribution < -0.4 is 0 Å². The molecule has 108 valence electrons. The quantitative estimate of drug-likeness (QED) is 0.399. The third-order valence-electron chi connectivity index (χ3n) is 2.23. The van der Waals surface area contributed by atoms with Crippen LogP contribution in [0.1, 0.15) is 40.5 Å². The van der Waals surface area contributed by atoms with Crippen molar-refractivity contribution >= 4 is 0 Å². The molecule has 0 radical (unpaired) electrons. The van der Waals surface area contributed by atoms with Gasteiger partial charge in [0.05, 0.1) is 0 Å². The first-order chi connectivity index (χ1) is 8.78. The van der Waals surface area contributed by atoms with Crippen LogP contribution in [0.4, 0.5) is 0 Å². The molecule has 0 aliphatic heterocycles. The molecule has 0 amide bonds. The van der Waals surface area contributed by atoms with E-state index in [1.54, 1.807) is 0 Å². The van der Waals surface area contributed by atoms with Gasteiger partial charge in [-0.3, -0.25) is 0 Å². The molecule has 0 aromatic carbocycles. The Balaban J connectivity index is 3.88. The molecule has 0 fully saturated rings. The SMILES string of the molecule is CCOC(C/C=C/CC(OCC)OCC)OCC. The third kappa shape index (κ3) is 9.59. The van der Waals surface area contributed by atoms with Crippen LogP contribution in [-0.4, -0.2) is 39.0 Å². The molecule has 18 heavy (non-hydrogen) atoms. The molecule has 0 aromatic rings. The molecule has 0 rings (SSSR count). The van der Waals surface area contributed by atoms with Gasteiger partial charge >= 0.3 is 0 Å². The molecule has 0 bridgehead atoms. The first-order valence-electron chi connectivity index (χ1n) is 6.89. The Morgan fingerprint density at radius 1 is 0.611 bits per heavy atom. The van der Waals surface area contributed by atoms with E-state index in [-0.39, 0.29) is 12.6 Å². The lowest BCUT2D eigenvalue weighted by Gasteiger charge is -2.16. The van der Waals surface area contributed by atoms with Crippen molar-refractivity contribution in [1.29, 1.82) is 0 Å². The molecule has 0 N–H and O–H groups in total. The molecule has 0 aliphatic rings. The summed E-state index contributed by atoms with van der Waals surface area (Å²) >= 11 is 0. The van der Waals surface area contributed by atoms with Gasteiger partial charge in [-0.1, -0.05) is 12.2 Å². The van der Waals surface area contributed by atoms with Gasteiger partial charge in [-0.2, -0.15) is 0 Å². The maximum absolute atomic E-state index is 5.45. The standard InChI is InChI=1S/C14H28O4/c1-5-15-13(16-6-2)11-9-10-12-14(17-7-3)18-8-4/h9-10,13-14H,5-8,11-12H2,1-4H3/b10-9+. The van der Waals surface area contributed by atoms with Crippen molar-refractivity contribution in [3.05, 3.63) is 12.2 Å². The highest BCUT2D eigenvalue weighted by Crippen LogP contribution is 2.06. The fourth-order valence-corrected chi connectivity index (χ4v) is 1.53. The molecule has 0 saturated heterocycles. The van der Waals surface area contributed by atoms with Gasteiger partial charge in [0, 0.05) is 39.3 Å². The van der Waals surface area contributed by atoms with Gasteiger partial charge in [-0.25, -0.2) is 0 Å². The van der Waals surface area contributed by atoms with E-state index >= 15 is 0 Å². The first-order valence-corrected chi connectivity index (χ1v) is 6.89. The topological polar surface area (TPSA) is 36.9 Å². The van der Waals surface area contributed by atoms with Crippen molar-refractivity contribution in [3.8, 4) is 0 Å². The summed E-state index contributed by atoms with van der Waals surface area (Å²) in [6.07, 6.45) is 5.34. The van der Waals surface area contributed by atoms with E-state index in [1.165, 1.54) is 0 Å². The van der Waals surface area contributed by atoms with E-state index in [0.717, 1.165) is 12.8 Å². The summed E-state index contributed by atoms with van der Waals surface area (Å²) in [4.78, 5) is 0. The summed E-state index contributed by atoms with van der Waals surface area (Å²) in [6.45, 7) is 10.5. The Labute approximate surface area is 111 Å². The van der Waals surface area contributed by atoms with Crippen molar-refractivity contribution < 1.29 is 18.9 Å². The Bertz CT molecular complexity index is 162. The minimum absolute atomic E-state index is 0.145. The van der Waals surface area contributed by atoms with Gasteiger partial charge in [0.15, 0.2) is 12.6 Å². The van der Waals surface area contributed by atoms with Crippen LogP contribution in [0.3, 0.4) is 0 Å². The second-order valence-electron chi connectivity index (χ2n) is 3.62. The monoisotopic (exact) mass is 260 g/mol. The minimum atomic E-state index is -0.145. The summed E-state index contributed by atoms with van der Waals surface area (Å²) in [6, 6.07) is 0. The summed E-state index contributed by atoms with van der Waals surface area (Å²) in [7, 11) is 0. The zero-order chi connectivity index (χ0) is 13.6. The second-order valence-corrected chi connectivity index (χ2v) is 3.62. The maximum atomic E-state index is 5.45. The van der Waals surface area contributed by atoms with Crippen LogP contribution in [0.2, 0.25) is 0 Å². The molecular formula is C14H28O4. The number of hydrogen-bond donors (Lipinski definition) is 0. The Morgan fingerprint density at radius 3 is 1.11 bits per heavy atom. The minimum Gasteiger partial charge on any atom is -0.353 e. The van der Waals surface area contributed by atoms with Crippen molar-refractivity contribution in [1.82, 2.24) is 0 Å². The normalized spacial score (nSPS) is 12.1. The average molecular weight is 260 g/mol. The lowest BCUT2D eigenvalue weighted by atomic mass is 10.3. The van der Waals surface area contributed by atoms with Gasteiger partial charge < -0.3 is 18.9 Å². The molecule has 4 nitrogen and oxygen atoms in total. The van der Waals surface area contributed by atoms with Crippen LogP contribution in [0.25, 0.3) is 0 Å². The summed E-state index contributed by atoms with van der Waals surface area (Å²) in [5, 5.41) is 0. The van der Waals surface area contributed by atoms with Gasteiger partial charge in [0.1, 0.15) is 0 Å². The van der Waals surface area contributed by atoms with E-state index in [1.807, 2.05) is 27.7 Å². The molecule has 0 saturated carbocycles. The van der Waals surface area contributed by atoms with Crippen LogP contribution in [0, 0.1) is 0 Å². The van der Waals surface area contributed by atoms with Crippen molar-refractivity contribution in [2.45, 2.75) is 53.1 Å². The highest BCUT2D eigenvalue weighted by Gasteiger charge is 2.06. The molecule has 4 heteroatoms. The summed E-state index contributed by atoms with van der Waals surface area (Å²) in [5.41, 5.74) is 0. The smallest absolute Gasteiger partial charge is 0.160 e. The van der Waals surface area contributed by atoms with Gasteiger partial charge in [0.25, 0.3) is 0 Å². The van der Waals surface area contributed by atoms with Gasteiger partial charge in [0.2, 0.25) is 0 Å². The predicted molar refractivity (Wildman–Crippen MR) is 72.5 cm³/mol. The van der Waals surface area contributed by atoms with E-state index in [4.69, 9.17) is 18.9 Å². The van der Waals surface area contributed by atoms with Crippen molar-refractivity contribution in [2.24, 2.45) is 0 Å². The lowest BCUT2D eigenvalue weighted by molar-refractivity contribution is -0.135. The molecule has 0 aromatic heterocycles. The molecular weight excluding hydrogens is 232 g/mol. The summed E-state index contributed by atoms with van der Waals surface area (Å²) in [5.74, 6) is 0. The van der Waals surface area contributed by atoms with Gasteiger partial charge in [-0.05, 0) is 27.7 Å². The van der Waals surface area contributed by atoms with Crippen LogP contribution in [0.5, 0.6) is 0 Å². The second kappa shape index (κ2) is 13.0. The first kappa shape index (κ1) is 17.6. The highest BCUT2D eigenvalue weighted by atomic mass is 16.7. The van der Waals surface area contributed by atoms with E-state index in [0.29, 0.717) is 26.4 Å². The zero-order valence-corrected chi connectivity index (χ0v) is 12.2. The predicted octanol–water partition coefficient (Wildman–Crippen LogP) is 3.12. The van der Waals surface area contributed by atoms with Crippen molar-refractivity contribution in [3.63, 3.8) is 0 Å². The average Bonchev–Trinajstić information content (AvgIpc) is 2.35. The third-order valence-corrected chi connectivity index (χ3v) is 2.23. The van der Waals surface area contributed by atoms with Gasteiger partial charge in [-0.15, -0.1) is 0 Å². The fraction of sp³-hybridized carbons (Fsp3) is 0.857. The van der Waals surface area contributed by atoms with E-state index in [9.17, 15) is 0 Å². The molecule has 0 aliphatic carbocycles. The highest BCUT2D eigenvalue weighted by molar-refractivity contribution is 4.83. The Hall–Kier alpha value is -0.420. The zero-order valence-electron chi connectivity index (χ0n) is 12.2. The Morgan fingerprint density at radius 2 is 0.889 bits per heavy atom. The van der Waals surface area contributed by atoms with E-state index < -0.39 is 0 Å². The number of rotatable bonds is 12. The van der Waals surface area contributed by atoms with Crippen LogP contribution in [-0.2, 0) is 18.9 Å². The fourth-order valence-electron chi connectivity index (χ4n) is 1.53. The molecule has 0 spiro atoms. The maximum Gasteiger partial charge on any atom is 0.160 e. The molecule has 0 unspecified atom stereocenters. The van der Waals surface area contributed by atoms with E-state index in [2.05, 4.69) is 12.2 Å². The van der Waals surface area contributed by atoms with Crippen LogP contribution in [0.15, 0.2) is 12.2 Å².